The van der Waals surface area contributed by atoms with Gasteiger partial charge in [-0.25, -0.2) is 0 Å². The Morgan fingerprint density at radius 1 is 0.966 bits per heavy atom. The molecule has 0 N–H and O–H groups in total. The molecule has 0 bridgehead atoms. The Balaban J connectivity index is 2.24. The smallest absolute Gasteiger partial charge is 0.278 e. The third-order valence-electron chi connectivity index (χ3n) is 5.00. The highest BCUT2D eigenvalue weighted by atomic mass is 16.2. The van der Waals surface area contributed by atoms with Crippen LogP contribution in [-0.2, 0) is 4.79 Å². The fourth-order valence-corrected chi connectivity index (χ4v) is 3.60. The number of aryl methyl sites for hydroxylation is 1. The molecule has 0 radical (unpaired) electrons. The Bertz CT molecular complexity index is 1070. The van der Waals surface area contributed by atoms with Crippen molar-refractivity contribution in [1.82, 2.24) is 4.90 Å². The van der Waals surface area contributed by atoms with E-state index in [1.54, 1.807) is 0 Å². The minimum atomic E-state index is -0.346. The highest BCUT2D eigenvalue weighted by Gasteiger charge is 2.23. The molecule has 4 heteroatoms. The van der Waals surface area contributed by atoms with Crippen LogP contribution in [0.2, 0.25) is 0 Å². The monoisotopic (exact) mass is 383 g/mol. The summed E-state index contributed by atoms with van der Waals surface area (Å²) in [5.41, 5.74) is 6.50. The van der Waals surface area contributed by atoms with Gasteiger partial charge in [0.15, 0.2) is 0 Å². The number of nitrogens with zero attached hydrogens (tertiary/aromatic N) is 2. The van der Waals surface area contributed by atoms with Crippen LogP contribution < -0.4 is 0 Å². The molecule has 3 aromatic carbocycles. The maximum atomic E-state index is 13.1. The molecular formula is C25H23N2O2+. The molecule has 3 aromatic rings. The van der Waals surface area contributed by atoms with E-state index in [1.165, 1.54) is 0 Å². The van der Waals surface area contributed by atoms with Gasteiger partial charge in [-0.15, -0.1) is 0 Å². The lowest BCUT2D eigenvalue weighted by atomic mass is 9.85. The largest absolute Gasteiger partial charge is 0.281 e. The van der Waals surface area contributed by atoms with Crippen molar-refractivity contribution in [2.24, 2.45) is 0 Å². The van der Waals surface area contributed by atoms with Crippen molar-refractivity contribution >= 4 is 12.3 Å². The molecule has 0 aromatic heterocycles. The van der Waals surface area contributed by atoms with Crippen LogP contribution in [0.1, 0.15) is 21.5 Å². The van der Waals surface area contributed by atoms with Crippen LogP contribution in [0.3, 0.4) is 0 Å². The van der Waals surface area contributed by atoms with E-state index in [1.807, 2.05) is 68.4 Å². The number of amides is 2. The van der Waals surface area contributed by atoms with Gasteiger partial charge in [0.2, 0.25) is 6.41 Å². The maximum absolute atomic E-state index is 13.1. The van der Waals surface area contributed by atoms with Gasteiger partial charge < -0.3 is 0 Å². The molecular weight excluding hydrogens is 360 g/mol. The first-order valence-corrected chi connectivity index (χ1v) is 9.46. The average molecular weight is 383 g/mol. The van der Waals surface area contributed by atoms with Crippen molar-refractivity contribution in [3.05, 3.63) is 88.3 Å². The second-order valence-electron chi connectivity index (χ2n) is 6.86. The second kappa shape index (κ2) is 8.99. The Morgan fingerprint density at radius 3 is 2.03 bits per heavy atom. The van der Waals surface area contributed by atoms with E-state index in [4.69, 9.17) is 6.57 Å². The Labute approximate surface area is 171 Å². The van der Waals surface area contributed by atoms with Gasteiger partial charge in [-0.3, -0.25) is 14.5 Å². The number of carbonyl (C=O) groups excluding carboxylic acids is 2. The molecule has 0 saturated heterocycles. The van der Waals surface area contributed by atoms with E-state index >= 15 is 0 Å². The van der Waals surface area contributed by atoms with Gasteiger partial charge in [-0.2, -0.15) is 0 Å². The third-order valence-corrected chi connectivity index (χ3v) is 5.00. The minimum absolute atomic E-state index is 0.151. The van der Waals surface area contributed by atoms with E-state index in [-0.39, 0.29) is 19.0 Å². The Kier molecular flexibility index (Phi) is 6.21. The van der Waals surface area contributed by atoms with Crippen molar-refractivity contribution in [2.45, 2.75) is 13.8 Å². The van der Waals surface area contributed by atoms with Crippen LogP contribution in [0.25, 0.3) is 27.1 Å². The lowest BCUT2D eigenvalue weighted by molar-refractivity contribution is -0.115. The van der Waals surface area contributed by atoms with Crippen molar-refractivity contribution in [1.29, 1.82) is 0 Å². The Hall–Kier alpha value is -3.71. The second-order valence-corrected chi connectivity index (χ2v) is 6.86. The summed E-state index contributed by atoms with van der Waals surface area (Å²) in [6.07, 6.45) is 0.537. The van der Waals surface area contributed by atoms with Gasteiger partial charge in [0, 0.05) is 5.56 Å². The lowest BCUT2D eigenvalue weighted by Crippen LogP contribution is -2.32. The first-order valence-electron chi connectivity index (χ1n) is 9.46. The van der Waals surface area contributed by atoms with Crippen LogP contribution in [0.5, 0.6) is 0 Å². The number of imide groups is 1. The van der Waals surface area contributed by atoms with Gasteiger partial charge in [0.25, 0.3) is 19.0 Å². The zero-order valence-electron chi connectivity index (χ0n) is 16.6. The molecule has 29 heavy (non-hydrogen) atoms. The molecule has 144 valence electrons. The molecule has 2 amide bonds. The molecule has 3 rings (SSSR count). The molecule has 0 unspecified atom stereocenters. The molecule has 0 atom stereocenters. The molecule has 0 fully saturated rings. The van der Waals surface area contributed by atoms with E-state index in [0.717, 1.165) is 38.3 Å². The molecule has 0 spiro atoms. The van der Waals surface area contributed by atoms with Gasteiger partial charge >= 0.3 is 0 Å². The highest BCUT2D eigenvalue weighted by molar-refractivity contribution is 6.04. The summed E-state index contributed by atoms with van der Waals surface area (Å²) >= 11 is 0. The third kappa shape index (κ3) is 4.09. The topological polar surface area (TPSA) is 41.7 Å². The predicted molar refractivity (Wildman–Crippen MR) is 117 cm³/mol. The van der Waals surface area contributed by atoms with E-state index in [9.17, 15) is 9.59 Å². The number of carbonyl (C=O) groups is 2. The molecule has 0 aliphatic carbocycles. The minimum Gasteiger partial charge on any atom is -0.278 e. The molecule has 0 aliphatic rings. The highest BCUT2D eigenvalue weighted by Crippen LogP contribution is 2.39. The van der Waals surface area contributed by atoms with Crippen LogP contribution in [0.4, 0.5) is 0 Å². The SMILES string of the molecule is C#[N+]CCN(C=O)C(=O)c1cc(C)c(-c2ccccc2)c(-c2ccccc2)c1C. The van der Waals surface area contributed by atoms with Crippen LogP contribution in [0.15, 0.2) is 66.7 Å². The summed E-state index contributed by atoms with van der Waals surface area (Å²) < 4.78 is 0. The average Bonchev–Trinajstić information content (AvgIpc) is 2.76. The van der Waals surface area contributed by atoms with Crippen LogP contribution >= 0.6 is 0 Å². The van der Waals surface area contributed by atoms with Crippen molar-refractivity contribution in [2.75, 3.05) is 13.1 Å². The van der Waals surface area contributed by atoms with E-state index < -0.39 is 0 Å². The normalized spacial score (nSPS) is 10.2. The quantitative estimate of drug-likeness (QED) is 0.549. The van der Waals surface area contributed by atoms with E-state index in [0.29, 0.717) is 12.0 Å². The standard InChI is InChI=1S/C25H23N2O2/c1-18-16-22(25(29)27(17-28)15-14-26-3)19(2)24(21-12-8-5-9-13-21)23(18)20-10-6-4-7-11-20/h3-13,16-17H,14-15H2,1-2H3/q+1. The summed E-state index contributed by atoms with van der Waals surface area (Å²) in [6, 6.07) is 22.0. The first kappa shape index (κ1) is 20.0. The summed E-state index contributed by atoms with van der Waals surface area (Å²) in [5, 5.41) is 0. The van der Waals surface area contributed by atoms with Gasteiger partial charge in [0.05, 0.1) is 0 Å². The van der Waals surface area contributed by atoms with E-state index in [2.05, 4.69) is 17.0 Å². The zero-order chi connectivity index (χ0) is 20.8. The van der Waals surface area contributed by atoms with Crippen LogP contribution in [0, 0.1) is 20.4 Å². The van der Waals surface area contributed by atoms with Gasteiger partial charge in [0.1, 0.15) is 6.54 Å². The number of hydrogen-bond acceptors (Lipinski definition) is 2. The predicted octanol–water partition coefficient (Wildman–Crippen LogP) is 5.20. The van der Waals surface area contributed by atoms with Gasteiger partial charge in [-0.1, -0.05) is 65.5 Å². The first-order chi connectivity index (χ1) is 14.1. The molecule has 4 nitrogen and oxygen atoms in total. The fraction of sp³-hybridized carbons (Fsp3) is 0.160. The molecule has 0 aliphatic heterocycles. The van der Waals surface area contributed by atoms with Crippen molar-refractivity contribution in [3.63, 3.8) is 0 Å². The number of hydrogen-bond donors (Lipinski definition) is 0. The summed E-state index contributed by atoms with van der Waals surface area (Å²) in [6.45, 7) is 9.46. The molecule has 0 saturated carbocycles. The maximum Gasteiger partial charge on any atom is 0.281 e. The van der Waals surface area contributed by atoms with Crippen LogP contribution in [-0.4, -0.2) is 30.3 Å². The Morgan fingerprint density at radius 2 is 1.52 bits per heavy atom. The zero-order valence-corrected chi connectivity index (χ0v) is 16.6. The molecule has 0 heterocycles. The lowest BCUT2D eigenvalue weighted by Gasteiger charge is -2.21. The fourth-order valence-electron chi connectivity index (χ4n) is 3.60. The van der Waals surface area contributed by atoms with Crippen molar-refractivity contribution in [3.8, 4) is 28.8 Å². The van der Waals surface area contributed by atoms with Crippen molar-refractivity contribution < 1.29 is 9.59 Å². The van der Waals surface area contributed by atoms with Gasteiger partial charge in [-0.05, 0) is 53.3 Å². The summed E-state index contributed by atoms with van der Waals surface area (Å²) in [5.74, 6) is -0.346. The summed E-state index contributed by atoms with van der Waals surface area (Å²) in [4.78, 5) is 29.2. The number of rotatable bonds is 6. The summed E-state index contributed by atoms with van der Waals surface area (Å²) in [7, 11) is 0. The number of benzene rings is 3.